The number of anilines is 1. The molecule has 3 aromatic rings. The van der Waals surface area contributed by atoms with Crippen LogP contribution in [0.5, 0.6) is 5.75 Å². The molecule has 0 bridgehead atoms. The molecule has 2 aromatic carbocycles. The van der Waals surface area contributed by atoms with Gasteiger partial charge in [-0.25, -0.2) is 4.68 Å². The molecule has 0 amide bonds. The number of aromatic nitrogens is 3. The van der Waals surface area contributed by atoms with Crippen LogP contribution in [0.25, 0.3) is 11.4 Å². The lowest BCUT2D eigenvalue weighted by atomic mass is 10.2. The number of hydrogen-bond acceptors (Lipinski definition) is 5. The van der Waals surface area contributed by atoms with E-state index in [0.29, 0.717) is 6.67 Å². The van der Waals surface area contributed by atoms with Crippen molar-refractivity contribution < 1.29 is 4.74 Å². The molecule has 1 saturated heterocycles. The summed E-state index contributed by atoms with van der Waals surface area (Å²) in [7, 11) is 1.68. The topological polar surface area (TPSA) is 38.5 Å². The fourth-order valence-electron chi connectivity index (χ4n) is 3.89. The van der Waals surface area contributed by atoms with Crippen LogP contribution < -0.4 is 9.64 Å². The molecule has 158 valence electrons. The third-order valence-electron chi connectivity index (χ3n) is 5.56. The van der Waals surface area contributed by atoms with Crippen molar-refractivity contribution in [2.24, 2.45) is 0 Å². The van der Waals surface area contributed by atoms with E-state index >= 15 is 0 Å². The van der Waals surface area contributed by atoms with Crippen LogP contribution in [0, 0.1) is 4.77 Å². The second kappa shape index (κ2) is 9.02. The molecule has 0 saturated carbocycles. The number of piperazine rings is 1. The minimum Gasteiger partial charge on any atom is -0.497 e. The van der Waals surface area contributed by atoms with Gasteiger partial charge in [-0.2, -0.15) is 5.10 Å². The molecule has 1 aliphatic rings. The Morgan fingerprint density at radius 1 is 0.967 bits per heavy atom. The van der Waals surface area contributed by atoms with Crippen LogP contribution in [0.3, 0.4) is 0 Å². The zero-order valence-electron chi connectivity index (χ0n) is 17.9. The summed E-state index contributed by atoms with van der Waals surface area (Å²) in [6.07, 6.45) is 0. The highest BCUT2D eigenvalue weighted by Crippen LogP contribution is 2.25. The summed E-state index contributed by atoms with van der Waals surface area (Å²) in [5.41, 5.74) is 2.34. The molecule has 1 aromatic heterocycles. The quantitative estimate of drug-likeness (QED) is 0.548. The lowest BCUT2D eigenvalue weighted by Crippen LogP contribution is -2.47. The highest BCUT2D eigenvalue weighted by atomic mass is 32.1. The van der Waals surface area contributed by atoms with E-state index in [1.54, 1.807) is 7.11 Å². The third kappa shape index (κ3) is 4.27. The Morgan fingerprint density at radius 2 is 1.63 bits per heavy atom. The first-order valence-electron chi connectivity index (χ1n) is 10.4. The molecular formula is C23H29N5OS. The SMILES string of the molecule is COc1ccc(-c2nn(CN3CCN(c4ccccc4)CC3)c(=S)n2C(C)C)cc1. The minimum absolute atomic E-state index is 0.235. The first-order valence-corrected chi connectivity index (χ1v) is 10.8. The maximum absolute atomic E-state index is 5.81. The summed E-state index contributed by atoms with van der Waals surface area (Å²) in [5.74, 6) is 1.74. The molecule has 0 N–H and O–H groups in total. The zero-order chi connectivity index (χ0) is 21.1. The minimum atomic E-state index is 0.235. The first kappa shape index (κ1) is 20.6. The van der Waals surface area contributed by atoms with Crippen molar-refractivity contribution in [2.45, 2.75) is 26.6 Å². The average molecular weight is 424 g/mol. The van der Waals surface area contributed by atoms with Gasteiger partial charge in [0.25, 0.3) is 0 Å². The second-order valence-corrected chi connectivity index (χ2v) is 8.25. The Balaban J connectivity index is 1.51. The monoisotopic (exact) mass is 423 g/mol. The molecule has 0 spiro atoms. The Labute approximate surface area is 183 Å². The third-order valence-corrected chi connectivity index (χ3v) is 5.97. The van der Waals surface area contributed by atoms with E-state index in [4.69, 9.17) is 22.1 Å². The maximum Gasteiger partial charge on any atom is 0.199 e. The normalized spacial score (nSPS) is 15.0. The van der Waals surface area contributed by atoms with E-state index in [1.807, 2.05) is 28.9 Å². The highest BCUT2D eigenvalue weighted by molar-refractivity contribution is 7.71. The fraction of sp³-hybridized carbons (Fsp3) is 0.391. The largest absolute Gasteiger partial charge is 0.497 e. The van der Waals surface area contributed by atoms with Gasteiger partial charge in [-0.3, -0.25) is 9.47 Å². The molecule has 0 atom stereocenters. The Bertz CT molecular complexity index is 1020. The number of hydrogen-bond donors (Lipinski definition) is 0. The van der Waals surface area contributed by atoms with Gasteiger partial charge >= 0.3 is 0 Å². The summed E-state index contributed by atoms with van der Waals surface area (Å²) in [6, 6.07) is 18.9. The van der Waals surface area contributed by atoms with Crippen LogP contribution in [0.15, 0.2) is 54.6 Å². The van der Waals surface area contributed by atoms with E-state index in [2.05, 4.69) is 58.5 Å². The molecule has 0 unspecified atom stereocenters. The van der Waals surface area contributed by atoms with Gasteiger partial charge in [-0.05, 0) is 62.5 Å². The van der Waals surface area contributed by atoms with Crippen molar-refractivity contribution in [1.82, 2.24) is 19.2 Å². The van der Waals surface area contributed by atoms with Gasteiger partial charge < -0.3 is 9.64 Å². The molecule has 0 aliphatic carbocycles. The number of ether oxygens (including phenoxy) is 1. The Hall–Kier alpha value is -2.64. The number of nitrogens with zero attached hydrogens (tertiary/aromatic N) is 5. The van der Waals surface area contributed by atoms with Crippen molar-refractivity contribution >= 4 is 17.9 Å². The predicted octanol–water partition coefficient (Wildman–Crippen LogP) is 4.45. The lowest BCUT2D eigenvalue weighted by molar-refractivity contribution is 0.194. The first-order chi connectivity index (χ1) is 14.6. The van der Waals surface area contributed by atoms with Crippen molar-refractivity contribution in [1.29, 1.82) is 0 Å². The predicted molar refractivity (Wildman–Crippen MR) is 124 cm³/mol. The van der Waals surface area contributed by atoms with E-state index < -0.39 is 0 Å². The van der Waals surface area contributed by atoms with Gasteiger partial charge in [-0.1, -0.05) is 18.2 Å². The standard InChI is InChI=1S/C23H29N5OS/c1-18(2)28-22(19-9-11-21(29-3)12-10-19)24-27(23(28)30)17-25-13-15-26(16-14-25)20-7-5-4-6-8-20/h4-12,18H,13-17H2,1-3H3. The van der Waals surface area contributed by atoms with Crippen LogP contribution in [-0.4, -0.2) is 52.5 Å². The van der Waals surface area contributed by atoms with Crippen LogP contribution in [0.2, 0.25) is 0 Å². The van der Waals surface area contributed by atoms with Crippen molar-refractivity contribution in [2.75, 3.05) is 38.2 Å². The van der Waals surface area contributed by atoms with E-state index in [-0.39, 0.29) is 6.04 Å². The summed E-state index contributed by atoms with van der Waals surface area (Å²) in [4.78, 5) is 4.86. The van der Waals surface area contributed by atoms with Gasteiger partial charge in [0, 0.05) is 43.5 Å². The molecule has 1 fully saturated rings. The van der Waals surface area contributed by atoms with Crippen molar-refractivity contribution in [3.8, 4) is 17.1 Å². The zero-order valence-corrected chi connectivity index (χ0v) is 18.7. The molecule has 4 rings (SSSR count). The smallest absolute Gasteiger partial charge is 0.199 e. The van der Waals surface area contributed by atoms with Crippen molar-refractivity contribution in [3.05, 3.63) is 59.4 Å². The van der Waals surface area contributed by atoms with Gasteiger partial charge in [-0.15, -0.1) is 0 Å². The van der Waals surface area contributed by atoms with E-state index in [9.17, 15) is 0 Å². The van der Waals surface area contributed by atoms with Crippen LogP contribution in [-0.2, 0) is 6.67 Å². The molecule has 7 heteroatoms. The van der Waals surface area contributed by atoms with Crippen molar-refractivity contribution in [3.63, 3.8) is 0 Å². The molecule has 1 aliphatic heterocycles. The van der Waals surface area contributed by atoms with Gasteiger partial charge in [0.05, 0.1) is 13.8 Å². The molecule has 0 radical (unpaired) electrons. The second-order valence-electron chi connectivity index (χ2n) is 7.88. The van der Waals surface area contributed by atoms with Crippen LogP contribution in [0.4, 0.5) is 5.69 Å². The fourth-order valence-corrected chi connectivity index (χ4v) is 4.29. The molecule has 30 heavy (non-hydrogen) atoms. The van der Waals surface area contributed by atoms with E-state index in [1.165, 1.54) is 5.69 Å². The number of rotatable bonds is 6. The Kier molecular flexibility index (Phi) is 6.20. The van der Waals surface area contributed by atoms with Crippen LogP contribution in [0.1, 0.15) is 19.9 Å². The van der Waals surface area contributed by atoms with Crippen LogP contribution >= 0.6 is 12.2 Å². The average Bonchev–Trinajstić information content (AvgIpc) is 3.11. The summed E-state index contributed by atoms with van der Waals surface area (Å²) < 4.78 is 10.2. The van der Waals surface area contributed by atoms with Gasteiger partial charge in [0.2, 0.25) is 0 Å². The molecule has 6 nitrogen and oxygen atoms in total. The van der Waals surface area contributed by atoms with Gasteiger partial charge in [0.15, 0.2) is 10.6 Å². The maximum atomic E-state index is 5.81. The number of methoxy groups -OCH3 is 1. The van der Waals surface area contributed by atoms with Gasteiger partial charge in [0.1, 0.15) is 5.75 Å². The number of benzene rings is 2. The summed E-state index contributed by atoms with van der Waals surface area (Å²) in [5, 5.41) is 4.91. The summed E-state index contributed by atoms with van der Waals surface area (Å²) >= 11 is 5.81. The molecule has 2 heterocycles. The Morgan fingerprint density at radius 3 is 2.23 bits per heavy atom. The number of para-hydroxylation sites is 1. The highest BCUT2D eigenvalue weighted by Gasteiger charge is 2.20. The van der Waals surface area contributed by atoms with E-state index in [0.717, 1.165) is 48.1 Å². The lowest BCUT2D eigenvalue weighted by Gasteiger charge is -2.35. The summed E-state index contributed by atoms with van der Waals surface area (Å²) in [6.45, 7) is 9.00. The molecular weight excluding hydrogens is 394 g/mol.